The minimum absolute atomic E-state index is 0.631. The molecule has 1 heteroatoms. The van der Waals surface area contributed by atoms with E-state index in [0.717, 1.165) is 10.4 Å². The summed E-state index contributed by atoms with van der Waals surface area (Å²) in [4.78, 5) is 10.3. The third kappa shape index (κ3) is 0.917. The maximum absolute atomic E-state index is 10.3. The Kier molecular flexibility index (Phi) is 1.24. The molecule has 0 N–H and O–H groups in total. The van der Waals surface area contributed by atoms with Crippen LogP contribution in [-0.4, -0.2) is 5.94 Å². The lowest BCUT2D eigenvalue weighted by Gasteiger charge is -1.79. The molecule has 0 spiro atoms. The molecule has 0 saturated heterocycles. The van der Waals surface area contributed by atoms with Crippen LogP contribution in [0, 0.1) is 0 Å². The summed E-state index contributed by atoms with van der Waals surface area (Å²) in [6.45, 7) is 0. The molecule has 0 atom stereocenters. The van der Waals surface area contributed by atoms with Gasteiger partial charge in [0.15, 0.2) is 0 Å². The zero-order chi connectivity index (χ0) is 7.68. The highest BCUT2D eigenvalue weighted by atomic mass is 16.2. The third-order valence-corrected chi connectivity index (χ3v) is 1.74. The van der Waals surface area contributed by atoms with E-state index < -0.39 is 0 Å². The molecule has 1 aromatic carbocycles. The first kappa shape index (κ1) is 6.14. The SMILES string of the molecule is O=[13C]=C1C=c2ccccc2=C1. The number of benzene rings is 1. The van der Waals surface area contributed by atoms with Gasteiger partial charge in [-0.1, -0.05) is 24.3 Å². The van der Waals surface area contributed by atoms with E-state index >= 15 is 0 Å². The molecule has 0 heterocycles. The van der Waals surface area contributed by atoms with Crippen molar-refractivity contribution in [2.45, 2.75) is 0 Å². The van der Waals surface area contributed by atoms with Gasteiger partial charge in [-0.05, 0) is 22.6 Å². The minimum atomic E-state index is 0.631. The van der Waals surface area contributed by atoms with Gasteiger partial charge in [-0.2, -0.15) is 0 Å². The van der Waals surface area contributed by atoms with Crippen molar-refractivity contribution in [1.29, 1.82) is 0 Å². The molecule has 0 unspecified atom stereocenters. The smallest absolute Gasteiger partial charge is 0.132 e. The molecule has 0 aliphatic heterocycles. The molecular formula is C10H6O. The second-order valence-corrected chi connectivity index (χ2v) is 2.47. The van der Waals surface area contributed by atoms with Crippen LogP contribution in [0.25, 0.3) is 12.2 Å². The normalized spacial score (nSPS) is 12.9. The quantitative estimate of drug-likeness (QED) is 0.369. The summed E-state index contributed by atoms with van der Waals surface area (Å²) >= 11 is 0. The number of rotatable bonds is 0. The van der Waals surface area contributed by atoms with Crippen LogP contribution < -0.4 is 10.4 Å². The Hall–Kier alpha value is -1.59. The second-order valence-electron chi connectivity index (χ2n) is 2.47. The van der Waals surface area contributed by atoms with Gasteiger partial charge in [0, 0.05) is 0 Å². The predicted molar refractivity (Wildman–Crippen MR) is 43.8 cm³/mol. The van der Waals surface area contributed by atoms with Crippen molar-refractivity contribution in [3.63, 3.8) is 0 Å². The molecule has 2 rings (SSSR count). The highest BCUT2D eigenvalue weighted by molar-refractivity contribution is 5.84. The Morgan fingerprint density at radius 3 is 2.00 bits per heavy atom. The molecule has 1 aromatic rings. The van der Waals surface area contributed by atoms with Crippen LogP contribution in [0.5, 0.6) is 0 Å². The van der Waals surface area contributed by atoms with Crippen molar-refractivity contribution in [3.05, 3.63) is 40.3 Å². The van der Waals surface area contributed by atoms with Gasteiger partial charge < -0.3 is 0 Å². The van der Waals surface area contributed by atoms with E-state index in [0.29, 0.717) is 5.57 Å². The molecule has 1 nitrogen and oxygen atoms in total. The highest BCUT2D eigenvalue weighted by Crippen LogP contribution is 1.95. The van der Waals surface area contributed by atoms with Gasteiger partial charge >= 0.3 is 0 Å². The number of allylic oxidation sites excluding steroid dienone is 1. The van der Waals surface area contributed by atoms with E-state index in [9.17, 15) is 4.79 Å². The van der Waals surface area contributed by atoms with Gasteiger partial charge in [0.25, 0.3) is 0 Å². The molecule has 52 valence electrons. The Labute approximate surface area is 64.0 Å². The molecule has 0 amide bonds. The zero-order valence-corrected chi connectivity index (χ0v) is 5.87. The van der Waals surface area contributed by atoms with Crippen LogP contribution in [-0.2, 0) is 4.79 Å². The Bertz CT molecular complexity index is 411. The van der Waals surface area contributed by atoms with Crippen LogP contribution in [0.4, 0.5) is 0 Å². The molecule has 0 radical (unpaired) electrons. The minimum Gasteiger partial charge on any atom is -0.233 e. The van der Waals surface area contributed by atoms with Crippen molar-refractivity contribution in [2.75, 3.05) is 0 Å². The maximum atomic E-state index is 10.3. The van der Waals surface area contributed by atoms with E-state index in [2.05, 4.69) is 0 Å². The Morgan fingerprint density at radius 1 is 1.00 bits per heavy atom. The van der Waals surface area contributed by atoms with Crippen LogP contribution >= 0.6 is 0 Å². The van der Waals surface area contributed by atoms with Crippen LogP contribution in [0.15, 0.2) is 29.8 Å². The van der Waals surface area contributed by atoms with Gasteiger partial charge in [-0.15, -0.1) is 0 Å². The number of fused-ring (bicyclic) bond motifs is 1. The van der Waals surface area contributed by atoms with E-state index in [1.165, 1.54) is 0 Å². The zero-order valence-electron chi connectivity index (χ0n) is 5.87. The van der Waals surface area contributed by atoms with Crippen molar-refractivity contribution in [3.8, 4) is 0 Å². The van der Waals surface area contributed by atoms with E-state index in [-0.39, 0.29) is 0 Å². The van der Waals surface area contributed by atoms with Crippen LogP contribution in [0.2, 0.25) is 0 Å². The van der Waals surface area contributed by atoms with Gasteiger partial charge in [-0.3, -0.25) is 0 Å². The topological polar surface area (TPSA) is 17.1 Å². The lowest BCUT2D eigenvalue weighted by molar-refractivity contribution is 0.568. The van der Waals surface area contributed by atoms with Gasteiger partial charge in [-0.25, -0.2) is 4.79 Å². The first-order valence-corrected chi connectivity index (χ1v) is 3.44. The molecule has 1 aliphatic carbocycles. The molecule has 1 aliphatic rings. The standard InChI is InChI=1S/C10H6O/c11-7-8-5-9-3-1-2-4-10(9)6-8/h1-6H/i7+1. The van der Waals surface area contributed by atoms with Crippen molar-refractivity contribution in [2.24, 2.45) is 0 Å². The summed E-state index contributed by atoms with van der Waals surface area (Å²) in [5.74, 6) is 1.87. The summed E-state index contributed by atoms with van der Waals surface area (Å²) in [6.07, 6.45) is 3.67. The summed E-state index contributed by atoms with van der Waals surface area (Å²) in [5.41, 5.74) is 0.631. The van der Waals surface area contributed by atoms with E-state index in [4.69, 9.17) is 0 Å². The van der Waals surface area contributed by atoms with Crippen molar-refractivity contribution >= 4 is 18.1 Å². The van der Waals surface area contributed by atoms with Gasteiger partial charge in [0.2, 0.25) is 0 Å². The summed E-state index contributed by atoms with van der Waals surface area (Å²) in [7, 11) is 0. The first-order chi connectivity index (χ1) is 5.40. The Morgan fingerprint density at radius 2 is 1.55 bits per heavy atom. The average Bonchev–Trinajstić information content (AvgIpc) is 2.46. The number of hydrogen-bond acceptors (Lipinski definition) is 1. The molecule has 11 heavy (non-hydrogen) atoms. The average molecular weight is 143 g/mol. The fourth-order valence-corrected chi connectivity index (χ4v) is 1.21. The summed E-state index contributed by atoms with van der Waals surface area (Å²) in [5, 5.41) is 2.21. The monoisotopic (exact) mass is 143 g/mol. The van der Waals surface area contributed by atoms with Crippen molar-refractivity contribution in [1.82, 2.24) is 0 Å². The predicted octanol–water partition coefficient (Wildman–Crippen LogP) is 0.0192. The van der Waals surface area contributed by atoms with Gasteiger partial charge in [0.1, 0.15) is 5.94 Å². The van der Waals surface area contributed by atoms with Crippen LogP contribution in [0.3, 0.4) is 0 Å². The molecule has 0 fully saturated rings. The lowest BCUT2D eigenvalue weighted by Crippen LogP contribution is -2.19. The first-order valence-electron chi connectivity index (χ1n) is 3.44. The fourth-order valence-electron chi connectivity index (χ4n) is 1.21. The molecule has 0 bridgehead atoms. The summed E-state index contributed by atoms with van der Waals surface area (Å²) in [6, 6.07) is 7.88. The molecule has 0 aromatic heterocycles. The highest BCUT2D eigenvalue weighted by Gasteiger charge is 1.96. The molecular weight excluding hydrogens is 137 g/mol. The van der Waals surface area contributed by atoms with Crippen LogP contribution in [0.1, 0.15) is 0 Å². The number of hydrogen-bond donors (Lipinski definition) is 0. The molecule has 0 saturated carbocycles. The van der Waals surface area contributed by atoms with E-state index in [1.807, 2.05) is 42.4 Å². The maximum Gasteiger partial charge on any atom is 0.132 e. The Balaban J connectivity index is 2.91. The van der Waals surface area contributed by atoms with Gasteiger partial charge in [0.05, 0.1) is 5.57 Å². The second kappa shape index (κ2) is 2.22. The van der Waals surface area contributed by atoms with E-state index in [1.54, 1.807) is 0 Å². The third-order valence-electron chi connectivity index (χ3n) is 1.74. The largest absolute Gasteiger partial charge is 0.233 e. The lowest BCUT2D eigenvalue weighted by atomic mass is 10.3. The summed E-state index contributed by atoms with van der Waals surface area (Å²) < 4.78 is 0. The fraction of sp³-hybridized carbons (Fsp3) is 0. The number of carbonyl (C=O) groups excluding carboxylic acids is 1. The van der Waals surface area contributed by atoms with Crippen molar-refractivity contribution < 1.29 is 4.79 Å².